The molecule has 2 rings (SSSR count). The molecular weight excluding hydrogens is 350 g/mol. The first kappa shape index (κ1) is 23.0. The highest BCUT2D eigenvalue weighted by Crippen LogP contribution is 2.28. The summed E-state index contributed by atoms with van der Waals surface area (Å²) in [5, 5.41) is 0. The Kier molecular flexibility index (Phi) is 8.14. The van der Waals surface area contributed by atoms with Crippen LogP contribution in [0.2, 0.25) is 0 Å². The molecule has 1 aromatic rings. The quantitative estimate of drug-likeness (QED) is 0.614. The average Bonchev–Trinajstić information content (AvgIpc) is 2.60. The van der Waals surface area contributed by atoms with Crippen LogP contribution in [-0.2, 0) is 4.74 Å². The second kappa shape index (κ2) is 9.93. The number of hydrogen-bond donors (Lipinski definition) is 0. The number of piperazine rings is 1. The maximum absolute atomic E-state index is 6.30. The number of anilines is 1. The molecule has 1 aliphatic heterocycles. The van der Waals surface area contributed by atoms with E-state index in [2.05, 4.69) is 62.4 Å². The fourth-order valence-corrected chi connectivity index (χ4v) is 4.24. The Balaban J connectivity index is 1.83. The van der Waals surface area contributed by atoms with Crippen LogP contribution in [0.4, 0.5) is 5.82 Å². The Hall–Kier alpha value is -1.33. The Bertz CT molecular complexity index is 573. The van der Waals surface area contributed by atoms with Crippen molar-refractivity contribution >= 4 is 5.82 Å². The Morgan fingerprint density at radius 3 is 2.21 bits per heavy atom. The highest BCUT2D eigenvalue weighted by atomic mass is 16.5. The monoisotopic (exact) mass is 391 g/mol. The molecule has 0 spiro atoms. The third-order valence-corrected chi connectivity index (χ3v) is 5.18. The molecule has 0 N–H and O–H groups in total. The number of nitrogens with zero attached hydrogens (tertiary/aromatic N) is 3. The largest absolute Gasteiger partial charge is 0.492 e. The molecule has 0 amide bonds. The van der Waals surface area contributed by atoms with Gasteiger partial charge in [0.05, 0.1) is 24.0 Å². The standard InChI is InChI=1S/C23H41N3O2/c1-8-19(16-23(6,7)28-22(3,4)5)18-25-12-14-26(15-13-25)21-11-10-20(17-24-21)27-9-2/h10-11,17,19H,8-9,12-16,18H2,1-7H3. The van der Waals surface area contributed by atoms with E-state index >= 15 is 0 Å². The van der Waals surface area contributed by atoms with E-state index in [9.17, 15) is 0 Å². The summed E-state index contributed by atoms with van der Waals surface area (Å²) in [6, 6.07) is 4.09. The minimum Gasteiger partial charge on any atom is -0.492 e. The average molecular weight is 392 g/mol. The number of ether oxygens (including phenoxy) is 2. The number of pyridine rings is 1. The molecule has 1 aliphatic rings. The minimum atomic E-state index is -0.0991. The van der Waals surface area contributed by atoms with E-state index in [1.807, 2.05) is 19.2 Å². The summed E-state index contributed by atoms with van der Waals surface area (Å²) in [5.41, 5.74) is -0.189. The predicted molar refractivity (Wildman–Crippen MR) is 117 cm³/mol. The molecule has 0 radical (unpaired) electrons. The van der Waals surface area contributed by atoms with Gasteiger partial charge in [-0.2, -0.15) is 0 Å². The van der Waals surface area contributed by atoms with Gasteiger partial charge in [-0.3, -0.25) is 4.90 Å². The molecule has 5 heteroatoms. The lowest BCUT2D eigenvalue weighted by molar-refractivity contribution is -0.123. The zero-order valence-corrected chi connectivity index (χ0v) is 19.1. The van der Waals surface area contributed by atoms with E-state index in [-0.39, 0.29) is 11.2 Å². The lowest BCUT2D eigenvalue weighted by Crippen LogP contribution is -2.48. The Morgan fingerprint density at radius 2 is 1.71 bits per heavy atom. The van der Waals surface area contributed by atoms with Crippen LogP contribution in [0.15, 0.2) is 18.3 Å². The molecule has 5 nitrogen and oxygen atoms in total. The first-order chi connectivity index (χ1) is 13.1. The molecule has 1 unspecified atom stereocenters. The van der Waals surface area contributed by atoms with Crippen molar-refractivity contribution in [2.75, 3.05) is 44.2 Å². The van der Waals surface area contributed by atoms with Crippen LogP contribution in [-0.4, -0.2) is 60.4 Å². The lowest BCUT2D eigenvalue weighted by atomic mass is 9.90. The van der Waals surface area contributed by atoms with E-state index < -0.39 is 0 Å². The van der Waals surface area contributed by atoms with Gasteiger partial charge in [0.1, 0.15) is 11.6 Å². The Morgan fingerprint density at radius 1 is 1.04 bits per heavy atom. The maximum atomic E-state index is 6.30. The van der Waals surface area contributed by atoms with Gasteiger partial charge in [-0.1, -0.05) is 13.3 Å². The van der Waals surface area contributed by atoms with Gasteiger partial charge in [-0.25, -0.2) is 4.98 Å². The summed E-state index contributed by atoms with van der Waals surface area (Å²) >= 11 is 0. The summed E-state index contributed by atoms with van der Waals surface area (Å²) in [5.74, 6) is 2.55. The van der Waals surface area contributed by atoms with Crippen molar-refractivity contribution in [2.45, 2.75) is 72.5 Å². The van der Waals surface area contributed by atoms with Crippen molar-refractivity contribution in [1.82, 2.24) is 9.88 Å². The first-order valence-corrected chi connectivity index (χ1v) is 10.9. The van der Waals surface area contributed by atoms with Crippen LogP contribution >= 0.6 is 0 Å². The molecule has 2 heterocycles. The van der Waals surface area contributed by atoms with Gasteiger partial charge < -0.3 is 14.4 Å². The minimum absolute atomic E-state index is 0.0903. The number of aromatic nitrogens is 1. The van der Waals surface area contributed by atoms with Crippen molar-refractivity contribution in [3.05, 3.63) is 18.3 Å². The molecule has 160 valence electrons. The normalized spacial score (nSPS) is 17.6. The summed E-state index contributed by atoms with van der Waals surface area (Å²) in [6.45, 7) is 21.2. The van der Waals surface area contributed by atoms with Crippen LogP contribution in [0, 0.1) is 5.92 Å². The third-order valence-electron chi connectivity index (χ3n) is 5.18. The summed E-state index contributed by atoms with van der Waals surface area (Å²) in [7, 11) is 0. The summed E-state index contributed by atoms with van der Waals surface area (Å²) in [4.78, 5) is 9.55. The number of hydrogen-bond acceptors (Lipinski definition) is 5. The molecular formula is C23H41N3O2. The lowest BCUT2D eigenvalue weighted by Gasteiger charge is -2.40. The maximum Gasteiger partial charge on any atom is 0.137 e. The van der Waals surface area contributed by atoms with E-state index in [1.54, 1.807) is 0 Å². The summed E-state index contributed by atoms with van der Waals surface area (Å²) in [6.07, 6.45) is 4.12. The molecule has 0 aromatic carbocycles. The van der Waals surface area contributed by atoms with Crippen LogP contribution in [0.3, 0.4) is 0 Å². The van der Waals surface area contributed by atoms with Crippen LogP contribution in [0.5, 0.6) is 5.75 Å². The fraction of sp³-hybridized carbons (Fsp3) is 0.783. The van der Waals surface area contributed by atoms with Crippen molar-refractivity contribution in [3.63, 3.8) is 0 Å². The molecule has 0 bridgehead atoms. The topological polar surface area (TPSA) is 37.8 Å². The van der Waals surface area contributed by atoms with E-state index in [0.29, 0.717) is 12.5 Å². The predicted octanol–water partition coefficient (Wildman–Crippen LogP) is 4.61. The van der Waals surface area contributed by atoms with Gasteiger partial charge in [-0.15, -0.1) is 0 Å². The highest BCUT2D eigenvalue weighted by molar-refractivity contribution is 5.41. The smallest absolute Gasteiger partial charge is 0.137 e. The van der Waals surface area contributed by atoms with Crippen molar-refractivity contribution in [1.29, 1.82) is 0 Å². The Labute approximate surface area is 172 Å². The van der Waals surface area contributed by atoms with Gasteiger partial charge in [0.15, 0.2) is 0 Å². The van der Waals surface area contributed by atoms with Gasteiger partial charge in [0.25, 0.3) is 0 Å². The molecule has 1 atom stereocenters. The number of rotatable bonds is 9. The summed E-state index contributed by atoms with van der Waals surface area (Å²) < 4.78 is 11.8. The van der Waals surface area contributed by atoms with Gasteiger partial charge in [0, 0.05) is 32.7 Å². The van der Waals surface area contributed by atoms with Crippen molar-refractivity contribution < 1.29 is 9.47 Å². The molecule has 0 saturated carbocycles. The van der Waals surface area contributed by atoms with Gasteiger partial charge >= 0.3 is 0 Å². The van der Waals surface area contributed by atoms with Crippen LogP contribution < -0.4 is 9.64 Å². The molecule has 0 aliphatic carbocycles. The van der Waals surface area contributed by atoms with E-state index in [0.717, 1.165) is 50.7 Å². The zero-order valence-electron chi connectivity index (χ0n) is 19.1. The molecule has 1 fully saturated rings. The van der Waals surface area contributed by atoms with E-state index in [1.165, 1.54) is 6.42 Å². The second-order valence-electron chi connectivity index (χ2n) is 9.53. The molecule has 1 aromatic heterocycles. The second-order valence-corrected chi connectivity index (χ2v) is 9.53. The van der Waals surface area contributed by atoms with Crippen LogP contribution in [0.25, 0.3) is 0 Å². The van der Waals surface area contributed by atoms with Gasteiger partial charge in [-0.05, 0) is 66.0 Å². The van der Waals surface area contributed by atoms with Crippen molar-refractivity contribution in [2.24, 2.45) is 5.92 Å². The van der Waals surface area contributed by atoms with Crippen molar-refractivity contribution in [3.8, 4) is 5.75 Å². The fourth-order valence-electron chi connectivity index (χ4n) is 4.24. The van der Waals surface area contributed by atoms with Crippen LogP contribution in [0.1, 0.15) is 61.3 Å². The third kappa shape index (κ3) is 7.59. The zero-order chi connectivity index (χ0) is 20.8. The van der Waals surface area contributed by atoms with Gasteiger partial charge in [0.2, 0.25) is 0 Å². The SMILES string of the molecule is CCOc1ccc(N2CCN(CC(CC)CC(C)(C)OC(C)(C)C)CC2)nc1. The first-order valence-electron chi connectivity index (χ1n) is 10.9. The molecule has 1 saturated heterocycles. The van der Waals surface area contributed by atoms with E-state index in [4.69, 9.17) is 9.47 Å². The molecule has 28 heavy (non-hydrogen) atoms. The highest BCUT2D eigenvalue weighted by Gasteiger charge is 2.30.